The molecule has 31 heavy (non-hydrogen) atoms. The molecule has 0 aliphatic heterocycles. The van der Waals surface area contributed by atoms with E-state index in [1.807, 2.05) is 57.2 Å². The topological polar surface area (TPSA) is 84.3 Å². The standard InChI is InChI=1S/C23H28N4O3S/c1-5-26(31(29,30)19-14-10-7-11-15-19)17-22(28)24-21-16-20(23(2,3)4)25-27(21)18-12-8-6-9-13-18/h6-16H,5,17H2,1-4H3,(H,24,28). The van der Waals surface area contributed by atoms with Gasteiger partial charge in [-0.2, -0.15) is 9.40 Å². The number of sulfonamides is 1. The number of amides is 1. The van der Waals surface area contributed by atoms with E-state index in [0.29, 0.717) is 5.82 Å². The van der Waals surface area contributed by atoms with Crippen LogP contribution >= 0.6 is 0 Å². The minimum Gasteiger partial charge on any atom is -0.309 e. The Morgan fingerprint density at radius 2 is 1.61 bits per heavy atom. The quantitative estimate of drug-likeness (QED) is 0.605. The highest BCUT2D eigenvalue weighted by Gasteiger charge is 2.26. The third kappa shape index (κ3) is 5.21. The zero-order valence-corrected chi connectivity index (χ0v) is 19.1. The van der Waals surface area contributed by atoms with E-state index >= 15 is 0 Å². The second-order valence-electron chi connectivity index (χ2n) is 8.20. The molecule has 0 aliphatic rings. The molecule has 0 spiro atoms. The Kier molecular flexibility index (Phi) is 6.62. The fraction of sp³-hybridized carbons (Fsp3) is 0.304. The third-order valence-electron chi connectivity index (χ3n) is 4.80. The van der Waals surface area contributed by atoms with Crippen LogP contribution in [0.4, 0.5) is 5.82 Å². The van der Waals surface area contributed by atoms with Crippen LogP contribution in [0.2, 0.25) is 0 Å². The van der Waals surface area contributed by atoms with Crippen molar-refractivity contribution in [1.82, 2.24) is 14.1 Å². The second kappa shape index (κ2) is 9.03. The molecule has 8 heteroatoms. The number of anilines is 1. The van der Waals surface area contributed by atoms with Gasteiger partial charge in [0.2, 0.25) is 15.9 Å². The largest absolute Gasteiger partial charge is 0.309 e. The van der Waals surface area contributed by atoms with Gasteiger partial charge in [-0.1, -0.05) is 64.1 Å². The molecule has 1 N–H and O–H groups in total. The highest BCUT2D eigenvalue weighted by atomic mass is 32.2. The van der Waals surface area contributed by atoms with E-state index in [1.165, 1.54) is 12.1 Å². The van der Waals surface area contributed by atoms with Crippen LogP contribution in [0.15, 0.2) is 71.6 Å². The number of likely N-dealkylation sites (N-methyl/N-ethyl adjacent to an activating group) is 1. The van der Waals surface area contributed by atoms with Gasteiger partial charge in [-0.25, -0.2) is 13.1 Å². The summed E-state index contributed by atoms with van der Waals surface area (Å²) in [6.07, 6.45) is 0. The first kappa shape index (κ1) is 22.7. The van der Waals surface area contributed by atoms with Crippen LogP contribution in [0.1, 0.15) is 33.4 Å². The minimum absolute atomic E-state index is 0.161. The second-order valence-corrected chi connectivity index (χ2v) is 10.1. The maximum atomic E-state index is 12.9. The summed E-state index contributed by atoms with van der Waals surface area (Å²) in [5.74, 6) is 0.0631. The molecule has 0 saturated heterocycles. The number of para-hydroxylation sites is 1. The lowest BCUT2D eigenvalue weighted by Crippen LogP contribution is -2.38. The fourth-order valence-electron chi connectivity index (χ4n) is 3.05. The third-order valence-corrected chi connectivity index (χ3v) is 6.73. The number of benzene rings is 2. The number of carbonyl (C=O) groups is 1. The Balaban J connectivity index is 1.86. The van der Waals surface area contributed by atoms with E-state index in [0.717, 1.165) is 15.7 Å². The predicted octanol–water partition coefficient (Wildman–Crippen LogP) is 3.82. The summed E-state index contributed by atoms with van der Waals surface area (Å²) in [5, 5.41) is 7.52. The Hall–Kier alpha value is -2.97. The van der Waals surface area contributed by atoms with Crippen LogP contribution in [0.25, 0.3) is 5.69 Å². The van der Waals surface area contributed by atoms with Crippen LogP contribution < -0.4 is 5.32 Å². The zero-order valence-electron chi connectivity index (χ0n) is 18.2. The molecular formula is C23H28N4O3S. The lowest BCUT2D eigenvalue weighted by molar-refractivity contribution is -0.116. The SMILES string of the molecule is CCN(CC(=O)Nc1cc(C(C)(C)C)nn1-c1ccccc1)S(=O)(=O)c1ccccc1. The van der Waals surface area contributed by atoms with Gasteiger partial charge in [-0.05, 0) is 24.3 Å². The number of aromatic nitrogens is 2. The summed E-state index contributed by atoms with van der Waals surface area (Å²) in [6.45, 7) is 7.72. The molecule has 0 saturated carbocycles. The van der Waals surface area contributed by atoms with Gasteiger partial charge in [0.05, 0.1) is 22.8 Å². The lowest BCUT2D eigenvalue weighted by atomic mass is 9.92. The molecular weight excluding hydrogens is 412 g/mol. The van der Waals surface area contributed by atoms with Gasteiger partial charge in [0.15, 0.2) is 0 Å². The Labute approximate surface area is 183 Å². The Bertz CT molecular complexity index is 1130. The number of rotatable bonds is 7. The average molecular weight is 441 g/mol. The van der Waals surface area contributed by atoms with E-state index in [-0.39, 0.29) is 23.4 Å². The van der Waals surface area contributed by atoms with Gasteiger partial charge in [0.1, 0.15) is 5.82 Å². The monoisotopic (exact) mass is 440 g/mol. The van der Waals surface area contributed by atoms with E-state index < -0.39 is 15.9 Å². The van der Waals surface area contributed by atoms with Crippen LogP contribution in [0.3, 0.4) is 0 Å². The maximum Gasteiger partial charge on any atom is 0.243 e. The number of nitrogens with zero attached hydrogens (tertiary/aromatic N) is 3. The first-order chi connectivity index (χ1) is 14.6. The van der Waals surface area contributed by atoms with Crippen LogP contribution in [-0.2, 0) is 20.2 Å². The van der Waals surface area contributed by atoms with Gasteiger partial charge < -0.3 is 5.32 Å². The Morgan fingerprint density at radius 1 is 1.03 bits per heavy atom. The van der Waals surface area contributed by atoms with Crippen molar-refractivity contribution in [1.29, 1.82) is 0 Å². The molecule has 7 nitrogen and oxygen atoms in total. The number of hydrogen-bond donors (Lipinski definition) is 1. The van der Waals surface area contributed by atoms with Crippen LogP contribution in [0.5, 0.6) is 0 Å². The fourth-order valence-corrected chi connectivity index (χ4v) is 4.48. The molecule has 3 rings (SSSR count). The summed E-state index contributed by atoms with van der Waals surface area (Å²) >= 11 is 0. The number of hydrogen-bond acceptors (Lipinski definition) is 4. The molecule has 2 aromatic carbocycles. The lowest BCUT2D eigenvalue weighted by Gasteiger charge is -2.20. The van der Waals surface area contributed by atoms with Crippen molar-refractivity contribution >= 4 is 21.7 Å². The summed E-state index contributed by atoms with van der Waals surface area (Å²) in [7, 11) is -3.77. The molecule has 0 bridgehead atoms. The minimum atomic E-state index is -3.77. The molecule has 0 radical (unpaired) electrons. The molecule has 164 valence electrons. The first-order valence-electron chi connectivity index (χ1n) is 10.1. The van der Waals surface area contributed by atoms with Gasteiger partial charge in [0, 0.05) is 18.0 Å². The molecule has 0 unspecified atom stereocenters. The zero-order chi connectivity index (χ0) is 22.6. The van der Waals surface area contributed by atoms with Crippen molar-refractivity contribution in [3.63, 3.8) is 0 Å². The van der Waals surface area contributed by atoms with E-state index in [4.69, 9.17) is 0 Å². The molecule has 1 aromatic heterocycles. The van der Waals surface area contributed by atoms with E-state index in [2.05, 4.69) is 10.4 Å². The maximum absolute atomic E-state index is 12.9. The molecule has 1 heterocycles. The predicted molar refractivity (Wildman–Crippen MR) is 122 cm³/mol. The molecule has 0 atom stereocenters. The smallest absolute Gasteiger partial charge is 0.243 e. The first-order valence-corrected chi connectivity index (χ1v) is 11.6. The molecule has 0 fully saturated rings. The van der Waals surface area contributed by atoms with Crippen molar-refractivity contribution < 1.29 is 13.2 Å². The summed E-state index contributed by atoms with van der Waals surface area (Å²) < 4.78 is 28.6. The molecule has 1 amide bonds. The summed E-state index contributed by atoms with van der Waals surface area (Å²) in [6, 6.07) is 19.4. The van der Waals surface area contributed by atoms with Crippen LogP contribution in [0, 0.1) is 0 Å². The van der Waals surface area contributed by atoms with Gasteiger partial charge in [0.25, 0.3) is 0 Å². The number of nitrogens with one attached hydrogen (secondary N) is 1. The van der Waals surface area contributed by atoms with Crippen molar-refractivity contribution in [2.75, 3.05) is 18.4 Å². The van der Waals surface area contributed by atoms with Crippen molar-refractivity contribution in [3.8, 4) is 5.69 Å². The van der Waals surface area contributed by atoms with Gasteiger partial charge >= 0.3 is 0 Å². The van der Waals surface area contributed by atoms with Gasteiger partial charge in [-0.3, -0.25) is 4.79 Å². The summed E-state index contributed by atoms with van der Waals surface area (Å²) in [5.41, 5.74) is 1.40. The van der Waals surface area contributed by atoms with E-state index in [1.54, 1.807) is 29.8 Å². The van der Waals surface area contributed by atoms with Crippen molar-refractivity contribution in [2.24, 2.45) is 0 Å². The van der Waals surface area contributed by atoms with E-state index in [9.17, 15) is 13.2 Å². The highest BCUT2D eigenvalue weighted by Crippen LogP contribution is 2.26. The summed E-state index contributed by atoms with van der Waals surface area (Å²) in [4.78, 5) is 13.0. The van der Waals surface area contributed by atoms with Gasteiger partial charge in [-0.15, -0.1) is 0 Å². The average Bonchev–Trinajstić information content (AvgIpc) is 3.17. The number of carbonyl (C=O) groups excluding carboxylic acids is 1. The molecule has 0 aliphatic carbocycles. The van der Waals surface area contributed by atoms with Crippen molar-refractivity contribution in [3.05, 3.63) is 72.4 Å². The normalized spacial score (nSPS) is 12.2. The highest BCUT2D eigenvalue weighted by molar-refractivity contribution is 7.89. The Morgan fingerprint density at radius 3 is 2.16 bits per heavy atom. The van der Waals surface area contributed by atoms with Crippen LogP contribution in [-0.4, -0.2) is 41.5 Å². The van der Waals surface area contributed by atoms with Crippen molar-refractivity contribution in [2.45, 2.75) is 38.0 Å². The molecule has 3 aromatic rings.